The highest BCUT2D eigenvalue weighted by Crippen LogP contribution is 2.31. The van der Waals surface area contributed by atoms with Crippen molar-refractivity contribution in [1.82, 2.24) is 10.2 Å². The highest BCUT2D eigenvalue weighted by molar-refractivity contribution is 5.33. The second-order valence-corrected chi connectivity index (χ2v) is 5.75. The van der Waals surface area contributed by atoms with Crippen LogP contribution in [-0.2, 0) is 6.54 Å². The van der Waals surface area contributed by atoms with Crippen molar-refractivity contribution < 1.29 is 17.9 Å². The number of hydrogen-bond donors (Lipinski definition) is 1. The molecular formula is C15H19F3N2O. The average Bonchev–Trinajstić information content (AvgIpc) is 2.89. The highest BCUT2D eigenvalue weighted by atomic mass is 19.4. The first-order valence-corrected chi connectivity index (χ1v) is 7.31. The molecule has 3 nitrogen and oxygen atoms in total. The summed E-state index contributed by atoms with van der Waals surface area (Å²) in [6, 6.07) is 6.86. The molecule has 21 heavy (non-hydrogen) atoms. The monoisotopic (exact) mass is 300 g/mol. The van der Waals surface area contributed by atoms with Crippen LogP contribution >= 0.6 is 0 Å². The van der Waals surface area contributed by atoms with E-state index in [9.17, 15) is 13.2 Å². The molecule has 2 aliphatic rings. The van der Waals surface area contributed by atoms with E-state index in [1.807, 2.05) is 0 Å². The van der Waals surface area contributed by atoms with Crippen LogP contribution in [0.15, 0.2) is 24.3 Å². The van der Waals surface area contributed by atoms with Crippen LogP contribution in [-0.4, -0.2) is 36.9 Å². The molecule has 0 spiro atoms. The molecule has 2 heterocycles. The topological polar surface area (TPSA) is 24.5 Å². The summed E-state index contributed by atoms with van der Waals surface area (Å²) in [6.07, 6.45) is -2.34. The van der Waals surface area contributed by atoms with E-state index in [2.05, 4.69) is 15.0 Å². The minimum absolute atomic E-state index is 0.0851. The Balaban J connectivity index is 1.75. The summed E-state index contributed by atoms with van der Waals surface area (Å²) < 4.78 is 41.6. The maximum Gasteiger partial charge on any atom is 0.573 e. The molecule has 2 aliphatic heterocycles. The van der Waals surface area contributed by atoms with Gasteiger partial charge in [0.25, 0.3) is 0 Å². The number of piperidine rings is 1. The summed E-state index contributed by atoms with van der Waals surface area (Å²) in [5.41, 5.74) is 0.599. The molecule has 2 atom stereocenters. The zero-order valence-electron chi connectivity index (χ0n) is 11.7. The van der Waals surface area contributed by atoms with Crippen LogP contribution in [0.25, 0.3) is 0 Å². The number of para-hydroxylation sites is 1. The molecule has 2 unspecified atom stereocenters. The van der Waals surface area contributed by atoms with Gasteiger partial charge in [0.2, 0.25) is 0 Å². The van der Waals surface area contributed by atoms with Crippen molar-refractivity contribution in [2.24, 2.45) is 5.92 Å². The molecule has 2 saturated heterocycles. The number of rotatable bonds is 3. The van der Waals surface area contributed by atoms with Gasteiger partial charge in [0, 0.05) is 24.7 Å². The first kappa shape index (κ1) is 14.7. The highest BCUT2D eigenvalue weighted by Gasteiger charge is 2.36. The molecule has 1 N–H and O–H groups in total. The fraction of sp³-hybridized carbons (Fsp3) is 0.600. The predicted octanol–water partition coefficient (Wildman–Crippen LogP) is 2.77. The Labute approximate surface area is 122 Å². The molecule has 0 radical (unpaired) electrons. The molecule has 2 fully saturated rings. The van der Waals surface area contributed by atoms with Crippen LogP contribution in [0, 0.1) is 5.92 Å². The van der Waals surface area contributed by atoms with Gasteiger partial charge in [-0.05, 0) is 37.9 Å². The van der Waals surface area contributed by atoms with E-state index in [1.165, 1.54) is 12.5 Å². The first-order valence-electron chi connectivity index (χ1n) is 7.31. The molecule has 1 aromatic rings. The Kier molecular flexibility index (Phi) is 4.08. The zero-order chi connectivity index (χ0) is 14.9. The largest absolute Gasteiger partial charge is 0.573 e. The lowest BCUT2D eigenvalue weighted by atomic mass is 9.91. The smallest absolute Gasteiger partial charge is 0.405 e. The van der Waals surface area contributed by atoms with Gasteiger partial charge in [0.1, 0.15) is 5.75 Å². The number of nitrogens with one attached hydrogen (secondary N) is 1. The molecule has 0 aliphatic carbocycles. The van der Waals surface area contributed by atoms with Crippen molar-refractivity contribution >= 4 is 0 Å². The van der Waals surface area contributed by atoms with E-state index in [1.54, 1.807) is 18.2 Å². The Morgan fingerprint density at radius 3 is 2.86 bits per heavy atom. The lowest BCUT2D eigenvalue weighted by Crippen LogP contribution is -2.44. The van der Waals surface area contributed by atoms with E-state index in [-0.39, 0.29) is 5.75 Å². The van der Waals surface area contributed by atoms with Crippen LogP contribution in [0.5, 0.6) is 5.75 Å². The Morgan fingerprint density at radius 1 is 1.24 bits per heavy atom. The van der Waals surface area contributed by atoms with Crippen LogP contribution in [0.1, 0.15) is 18.4 Å². The van der Waals surface area contributed by atoms with Gasteiger partial charge in [-0.2, -0.15) is 0 Å². The van der Waals surface area contributed by atoms with E-state index in [0.717, 1.165) is 26.1 Å². The van der Waals surface area contributed by atoms with Gasteiger partial charge in [0.15, 0.2) is 0 Å². The number of benzene rings is 1. The summed E-state index contributed by atoms with van der Waals surface area (Å²) >= 11 is 0. The van der Waals surface area contributed by atoms with E-state index < -0.39 is 6.36 Å². The van der Waals surface area contributed by atoms with Gasteiger partial charge >= 0.3 is 6.36 Å². The number of nitrogens with zero attached hydrogens (tertiary/aromatic N) is 1. The number of ether oxygens (including phenoxy) is 1. The van der Waals surface area contributed by atoms with Gasteiger partial charge in [-0.3, -0.25) is 4.90 Å². The van der Waals surface area contributed by atoms with E-state index >= 15 is 0 Å². The van der Waals surface area contributed by atoms with E-state index in [0.29, 0.717) is 24.1 Å². The summed E-state index contributed by atoms with van der Waals surface area (Å²) in [4.78, 5) is 2.28. The molecule has 6 heteroatoms. The fourth-order valence-electron chi connectivity index (χ4n) is 3.44. The van der Waals surface area contributed by atoms with Crippen molar-refractivity contribution in [3.63, 3.8) is 0 Å². The molecule has 0 aromatic heterocycles. The predicted molar refractivity (Wildman–Crippen MR) is 72.9 cm³/mol. The summed E-state index contributed by atoms with van der Waals surface area (Å²) in [7, 11) is 0. The van der Waals surface area contributed by atoms with Crippen molar-refractivity contribution in [3.8, 4) is 5.75 Å². The normalized spacial score (nSPS) is 26.6. The number of hydrogen-bond acceptors (Lipinski definition) is 3. The van der Waals surface area contributed by atoms with E-state index in [4.69, 9.17) is 0 Å². The molecule has 0 amide bonds. The average molecular weight is 300 g/mol. The van der Waals surface area contributed by atoms with Crippen molar-refractivity contribution in [2.45, 2.75) is 31.8 Å². The van der Waals surface area contributed by atoms with Gasteiger partial charge in [0.05, 0.1) is 0 Å². The maximum atomic E-state index is 12.5. The second kappa shape index (κ2) is 5.85. The van der Waals surface area contributed by atoms with Gasteiger partial charge < -0.3 is 10.1 Å². The molecule has 3 rings (SSSR count). The minimum Gasteiger partial charge on any atom is -0.405 e. The third-order valence-corrected chi connectivity index (χ3v) is 4.37. The van der Waals surface area contributed by atoms with Crippen LogP contribution in [0.2, 0.25) is 0 Å². The minimum atomic E-state index is -4.64. The Morgan fingerprint density at radius 2 is 2.05 bits per heavy atom. The lowest BCUT2D eigenvalue weighted by Gasteiger charge is -2.37. The molecular weight excluding hydrogens is 281 g/mol. The number of likely N-dealkylation sites (tertiary alicyclic amines) is 1. The van der Waals surface area contributed by atoms with Crippen LogP contribution in [0.4, 0.5) is 13.2 Å². The van der Waals surface area contributed by atoms with Crippen LogP contribution < -0.4 is 10.1 Å². The van der Waals surface area contributed by atoms with Crippen molar-refractivity contribution in [3.05, 3.63) is 29.8 Å². The van der Waals surface area contributed by atoms with Gasteiger partial charge in [-0.15, -0.1) is 13.2 Å². The Bertz CT molecular complexity index is 492. The molecule has 116 valence electrons. The number of alkyl halides is 3. The fourth-order valence-corrected chi connectivity index (χ4v) is 3.44. The SMILES string of the molecule is FC(F)(F)Oc1ccccc1CN1CCCC2CNCC21. The van der Waals surface area contributed by atoms with Crippen molar-refractivity contribution in [1.29, 1.82) is 0 Å². The lowest BCUT2D eigenvalue weighted by molar-refractivity contribution is -0.275. The third kappa shape index (κ3) is 3.49. The maximum absolute atomic E-state index is 12.5. The van der Waals surface area contributed by atoms with Crippen molar-refractivity contribution in [2.75, 3.05) is 19.6 Å². The summed E-state index contributed by atoms with van der Waals surface area (Å²) in [5.74, 6) is 0.535. The standard InChI is InChI=1S/C15H19F3N2O/c16-15(17,18)21-14-6-2-1-4-12(14)10-20-7-3-5-11-8-19-9-13(11)20/h1-2,4,6,11,13,19H,3,5,7-10H2. The summed E-state index contributed by atoms with van der Waals surface area (Å²) in [5, 5.41) is 3.38. The molecule has 1 aromatic carbocycles. The van der Waals surface area contributed by atoms with Gasteiger partial charge in [-0.1, -0.05) is 18.2 Å². The summed E-state index contributed by atoms with van der Waals surface area (Å²) in [6.45, 7) is 3.38. The zero-order valence-corrected chi connectivity index (χ0v) is 11.7. The van der Waals surface area contributed by atoms with Crippen LogP contribution in [0.3, 0.4) is 0 Å². The first-order chi connectivity index (χ1) is 10.0. The number of fused-ring (bicyclic) bond motifs is 1. The molecule has 0 saturated carbocycles. The molecule has 0 bridgehead atoms. The second-order valence-electron chi connectivity index (χ2n) is 5.75. The van der Waals surface area contributed by atoms with Gasteiger partial charge in [-0.25, -0.2) is 0 Å². The number of halogens is 3. The Hall–Kier alpha value is -1.27. The quantitative estimate of drug-likeness (QED) is 0.929. The third-order valence-electron chi connectivity index (χ3n) is 4.37.